The van der Waals surface area contributed by atoms with E-state index in [1.807, 2.05) is 0 Å². The lowest BCUT2D eigenvalue weighted by atomic mass is 10.2. The minimum Gasteiger partial charge on any atom is -0.397 e. The Labute approximate surface area is 143 Å². The quantitative estimate of drug-likeness (QED) is 0.669. The fourth-order valence-corrected chi connectivity index (χ4v) is 3.30. The van der Waals surface area contributed by atoms with E-state index in [2.05, 4.69) is 20.3 Å². The highest BCUT2D eigenvalue weighted by Gasteiger charge is 2.22. The van der Waals surface area contributed by atoms with Crippen LogP contribution >= 0.6 is 0 Å². The predicted molar refractivity (Wildman–Crippen MR) is 97.6 cm³/mol. The molecule has 8 nitrogen and oxygen atoms in total. The Kier molecular flexibility index (Phi) is 3.72. The molecule has 3 aromatic rings. The number of rotatable bonds is 3. The molecule has 3 heterocycles. The molecular formula is C17H19N7O. The molecule has 1 saturated carbocycles. The van der Waals surface area contributed by atoms with Crippen LogP contribution in [0.3, 0.4) is 0 Å². The van der Waals surface area contributed by atoms with Crippen molar-refractivity contribution in [1.29, 1.82) is 0 Å². The number of pyridine rings is 2. The molecule has 0 aromatic carbocycles. The van der Waals surface area contributed by atoms with E-state index in [1.54, 1.807) is 35.2 Å². The van der Waals surface area contributed by atoms with Crippen LogP contribution in [0.5, 0.6) is 0 Å². The van der Waals surface area contributed by atoms with E-state index < -0.39 is 0 Å². The second kappa shape index (κ2) is 6.04. The van der Waals surface area contributed by atoms with Crippen molar-refractivity contribution in [3.05, 3.63) is 40.9 Å². The normalized spacial score (nSPS) is 14.9. The van der Waals surface area contributed by atoms with Gasteiger partial charge in [0.25, 0.3) is 5.56 Å². The predicted octanol–water partition coefficient (Wildman–Crippen LogP) is 2.21. The first-order chi connectivity index (χ1) is 12.1. The van der Waals surface area contributed by atoms with Crippen molar-refractivity contribution in [3.8, 4) is 0 Å². The summed E-state index contributed by atoms with van der Waals surface area (Å²) in [5.41, 5.74) is 12.8. The molecular weight excluding hydrogens is 318 g/mol. The van der Waals surface area contributed by atoms with Crippen molar-refractivity contribution in [2.24, 2.45) is 0 Å². The van der Waals surface area contributed by atoms with Gasteiger partial charge in [0.15, 0.2) is 0 Å². The number of nitrogen functional groups attached to an aromatic ring is 2. The van der Waals surface area contributed by atoms with Crippen molar-refractivity contribution in [3.63, 3.8) is 0 Å². The summed E-state index contributed by atoms with van der Waals surface area (Å²) >= 11 is 0. The summed E-state index contributed by atoms with van der Waals surface area (Å²) in [6.07, 6.45) is 7.37. The molecule has 4 rings (SSSR count). The maximum absolute atomic E-state index is 12.6. The largest absolute Gasteiger partial charge is 0.397 e. The number of hydrogen-bond acceptors (Lipinski definition) is 7. The van der Waals surface area contributed by atoms with Crippen LogP contribution in [-0.4, -0.2) is 19.5 Å². The van der Waals surface area contributed by atoms with Gasteiger partial charge in [-0.2, -0.15) is 4.98 Å². The lowest BCUT2D eigenvalue weighted by Crippen LogP contribution is -2.27. The summed E-state index contributed by atoms with van der Waals surface area (Å²) in [6, 6.07) is 5.26. The molecule has 0 spiro atoms. The third-order valence-electron chi connectivity index (χ3n) is 4.52. The number of aromatic nitrogens is 4. The highest BCUT2D eigenvalue weighted by Crippen LogP contribution is 2.31. The van der Waals surface area contributed by atoms with Gasteiger partial charge in [-0.3, -0.25) is 9.36 Å². The number of nitrogens with zero attached hydrogens (tertiary/aromatic N) is 4. The average molecular weight is 337 g/mol. The molecule has 1 fully saturated rings. The summed E-state index contributed by atoms with van der Waals surface area (Å²) < 4.78 is 1.72. The molecule has 25 heavy (non-hydrogen) atoms. The van der Waals surface area contributed by atoms with E-state index in [-0.39, 0.29) is 17.3 Å². The number of nitrogens with two attached hydrogens (primary N) is 2. The van der Waals surface area contributed by atoms with Gasteiger partial charge < -0.3 is 16.8 Å². The monoisotopic (exact) mass is 337 g/mol. The molecule has 0 amide bonds. The molecule has 5 N–H and O–H groups in total. The van der Waals surface area contributed by atoms with Crippen LogP contribution in [0.1, 0.15) is 31.7 Å². The minimum absolute atomic E-state index is 0.135. The van der Waals surface area contributed by atoms with Gasteiger partial charge in [0.2, 0.25) is 5.95 Å². The second-order valence-electron chi connectivity index (χ2n) is 6.29. The van der Waals surface area contributed by atoms with Gasteiger partial charge in [-0.15, -0.1) is 0 Å². The number of anilines is 4. The Morgan fingerprint density at radius 2 is 1.92 bits per heavy atom. The first-order valence-corrected chi connectivity index (χ1v) is 8.28. The first kappa shape index (κ1) is 15.4. The van der Waals surface area contributed by atoms with Crippen molar-refractivity contribution < 1.29 is 0 Å². The number of nitrogens with one attached hydrogen (secondary N) is 1. The topological polar surface area (TPSA) is 125 Å². The summed E-state index contributed by atoms with van der Waals surface area (Å²) in [5, 5.41) is 3.79. The molecule has 3 aromatic heterocycles. The third kappa shape index (κ3) is 2.86. The smallest absolute Gasteiger partial charge is 0.275 e. The lowest BCUT2D eigenvalue weighted by molar-refractivity contribution is 0.517. The van der Waals surface area contributed by atoms with Crippen LogP contribution in [0.4, 0.5) is 23.1 Å². The van der Waals surface area contributed by atoms with Crippen molar-refractivity contribution >= 4 is 34.2 Å². The van der Waals surface area contributed by atoms with Crippen molar-refractivity contribution in [1.82, 2.24) is 19.5 Å². The highest BCUT2D eigenvalue weighted by molar-refractivity contribution is 5.79. The van der Waals surface area contributed by atoms with Crippen LogP contribution in [0, 0.1) is 0 Å². The van der Waals surface area contributed by atoms with Gasteiger partial charge in [0.1, 0.15) is 11.5 Å². The molecule has 0 aliphatic heterocycles. The van der Waals surface area contributed by atoms with Gasteiger partial charge >= 0.3 is 0 Å². The maximum atomic E-state index is 12.6. The molecule has 8 heteroatoms. The van der Waals surface area contributed by atoms with E-state index in [9.17, 15) is 4.79 Å². The third-order valence-corrected chi connectivity index (χ3v) is 4.52. The van der Waals surface area contributed by atoms with Gasteiger partial charge in [0, 0.05) is 17.6 Å². The van der Waals surface area contributed by atoms with E-state index in [1.165, 1.54) is 0 Å². The summed E-state index contributed by atoms with van der Waals surface area (Å²) in [5.74, 6) is 0.958. The number of fused-ring (bicyclic) bond motifs is 1. The Balaban J connectivity index is 1.80. The first-order valence-electron chi connectivity index (χ1n) is 8.28. The summed E-state index contributed by atoms with van der Waals surface area (Å²) in [6.45, 7) is 0. The standard InChI is InChI=1S/C17H19N7O/c18-11-5-6-14(20-9-11)22-17-21-8-10-7-13(19)16(25)24(15(10)23-17)12-3-1-2-4-12/h5-9,12H,1-4,18-19H2,(H,20,21,22,23). The Bertz CT molecular complexity index is 975. The molecule has 0 saturated heterocycles. The zero-order valence-corrected chi connectivity index (χ0v) is 13.6. The highest BCUT2D eigenvalue weighted by atomic mass is 16.1. The second-order valence-corrected chi connectivity index (χ2v) is 6.29. The van der Waals surface area contributed by atoms with E-state index >= 15 is 0 Å². The summed E-state index contributed by atoms with van der Waals surface area (Å²) in [4.78, 5) is 25.6. The van der Waals surface area contributed by atoms with E-state index in [0.717, 1.165) is 31.1 Å². The van der Waals surface area contributed by atoms with Gasteiger partial charge in [0.05, 0.1) is 17.6 Å². The zero-order chi connectivity index (χ0) is 17.4. The zero-order valence-electron chi connectivity index (χ0n) is 13.6. The molecule has 0 bridgehead atoms. The molecule has 0 atom stereocenters. The molecule has 0 radical (unpaired) electrons. The minimum atomic E-state index is -0.186. The molecule has 0 unspecified atom stereocenters. The van der Waals surface area contributed by atoms with Gasteiger partial charge in [-0.05, 0) is 31.0 Å². The maximum Gasteiger partial charge on any atom is 0.275 e. The number of hydrogen-bond donors (Lipinski definition) is 3. The SMILES string of the molecule is Nc1ccc(Nc2ncc3cc(N)c(=O)n(C4CCCC4)c3n2)nc1. The fourth-order valence-electron chi connectivity index (χ4n) is 3.30. The van der Waals surface area contributed by atoms with Crippen LogP contribution in [0.15, 0.2) is 35.4 Å². The van der Waals surface area contributed by atoms with Crippen molar-refractivity contribution in [2.45, 2.75) is 31.7 Å². The Morgan fingerprint density at radius 3 is 2.64 bits per heavy atom. The average Bonchev–Trinajstić information content (AvgIpc) is 3.12. The van der Waals surface area contributed by atoms with Gasteiger partial charge in [-0.25, -0.2) is 9.97 Å². The van der Waals surface area contributed by atoms with E-state index in [0.29, 0.717) is 23.1 Å². The Morgan fingerprint density at radius 1 is 1.12 bits per heavy atom. The van der Waals surface area contributed by atoms with Crippen LogP contribution in [-0.2, 0) is 0 Å². The van der Waals surface area contributed by atoms with Gasteiger partial charge in [-0.1, -0.05) is 12.8 Å². The summed E-state index contributed by atoms with van der Waals surface area (Å²) in [7, 11) is 0. The Hall–Kier alpha value is -3.16. The molecule has 1 aliphatic carbocycles. The van der Waals surface area contributed by atoms with Crippen LogP contribution < -0.4 is 22.3 Å². The van der Waals surface area contributed by atoms with Crippen LogP contribution in [0.25, 0.3) is 11.0 Å². The lowest BCUT2D eigenvalue weighted by Gasteiger charge is -2.17. The van der Waals surface area contributed by atoms with Crippen LogP contribution in [0.2, 0.25) is 0 Å². The molecule has 1 aliphatic rings. The van der Waals surface area contributed by atoms with Crippen molar-refractivity contribution in [2.75, 3.05) is 16.8 Å². The molecule has 128 valence electrons. The van der Waals surface area contributed by atoms with E-state index in [4.69, 9.17) is 11.5 Å². The fraction of sp³-hybridized carbons (Fsp3) is 0.294.